The van der Waals surface area contributed by atoms with E-state index in [9.17, 15) is 0 Å². The maximum absolute atomic E-state index is 6.56. The summed E-state index contributed by atoms with van der Waals surface area (Å²) in [6.45, 7) is 15.6. The maximum Gasteiger partial charge on any atom is 0.184 e. The van der Waals surface area contributed by atoms with Gasteiger partial charge in [-0.05, 0) is 51.8 Å². The number of rotatable bonds is 9. The van der Waals surface area contributed by atoms with Gasteiger partial charge in [-0.2, -0.15) is 0 Å². The van der Waals surface area contributed by atoms with Gasteiger partial charge in [-0.25, -0.2) is 0 Å². The average molecular weight is 373 g/mol. The van der Waals surface area contributed by atoms with Crippen LogP contribution in [0, 0.1) is 0 Å². The van der Waals surface area contributed by atoms with Gasteiger partial charge in [0.1, 0.15) is 0 Å². The molecular weight excluding hydrogens is 340 g/mol. The van der Waals surface area contributed by atoms with E-state index in [4.69, 9.17) is 20.5 Å². The fourth-order valence-corrected chi connectivity index (χ4v) is 4.99. The molecule has 0 fully saturated rings. The number of hydrogen-bond acceptors (Lipinski definition) is 2. The van der Waals surface area contributed by atoms with Gasteiger partial charge in [0.25, 0.3) is 0 Å². The van der Waals surface area contributed by atoms with Crippen LogP contribution in [-0.4, -0.2) is 22.7 Å². The molecule has 1 aromatic carbocycles. The maximum atomic E-state index is 6.56. The Kier molecular flexibility index (Phi) is 8.01. The molecule has 0 radical (unpaired) electrons. The van der Waals surface area contributed by atoms with Crippen LogP contribution in [0.3, 0.4) is 0 Å². The summed E-state index contributed by atoms with van der Waals surface area (Å²) in [4.78, 5) is 0. The Labute approximate surface area is 149 Å². The summed E-state index contributed by atoms with van der Waals surface area (Å²) >= 11 is 6.49. The first-order valence-corrected chi connectivity index (χ1v) is 15.8. The van der Waals surface area contributed by atoms with E-state index in [2.05, 4.69) is 52.3 Å². The van der Waals surface area contributed by atoms with Crippen LogP contribution in [0.4, 0.5) is 0 Å². The van der Waals surface area contributed by atoms with Crippen LogP contribution in [0.1, 0.15) is 37.9 Å². The zero-order valence-corrected chi connectivity index (χ0v) is 18.5. The number of hydrogen-bond donors (Lipinski definition) is 0. The molecule has 0 aliphatic carbocycles. The molecule has 0 aliphatic rings. The highest BCUT2D eigenvalue weighted by atomic mass is 35.5. The molecule has 0 amide bonds. The van der Waals surface area contributed by atoms with Crippen molar-refractivity contribution in [1.29, 1.82) is 0 Å². The number of unbranched alkanes of at least 4 members (excludes halogenated alkanes) is 1. The van der Waals surface area contributed by atoms with E-state index in [1.807, 2.05) is 18.2 Å². The summed E-state index contributed by atoms with van der Waals surface area (Å²) in [5, 5.41) is 0.774. The molecule has 0 bridgehead atoms. The lowest BCUT2D eigenvalue weighted by atomic mass is 10.0. The van der Waals surface area contributed by atoms with Crippen molar-refractivity contribution in [1.82, 2.24) is 0 Å². The van der Waals surface area contributed by atoms with Crippen LogP contribution >= 0.6 is 11.6 Å². The van der Waals surface area contributed by atoms with Crippen molar-refractivity contribution in [2.24, 2.45) is 0 Å². The van der Waals surface area contributed by atoms with Crippen molar-refractivity contribution in [3.63, 3.8) is 0 Å². The fraction of sp³-hybridized carbons (Fsp3) is 0.667. The average Bonchev–Trinajstić information content (AvgIpc) is 2.39. The minimum atomic E-state index is -1.73. The first-order valence-electron chi connectivity index (χ1n) is 8.63. The largest absolute Gasteiger partial charge is 0.412 e. The second kappa shape index (κ2) is 8.81. The SMILES string of the molecule is CCCCC(O[Si](C)(C)C)[C@@H](O[Si](C)(C)C)c1ccccc1Cl. The molecule has 0 N–H and O–H groups in total. The third-order valence-corrected chi connectivity index (χ3v) is 5.69. The third-order valence-electron chi connectivity index (χ3n) is 3.38. The molecule has 132 valence electrons. The lowest BCUT2D eigenvalue weighted by molar-refractivity contribution is 0.0362. The lowest BCUT2D eigenvalue weighted by Crippen LogP contribution is -2.40. The van der Waals surface area contributed by atoms with E-state index < -0.39 is 16.6 Å². The van der Waals surface area contributed by atoms with E-state index >= 15 is 0 Å². The van der Waals surface area contributed by atoms with Crippen LogP contribution in [-0.2, 0) is 8.85 Å². The minimum Gasteiger partial charge on any atom is -0.412 e. The van der Waals surface area contributed by atoms with Gasteiger partial charge in [0.15, 0.2) is 16.6 Å². The quantitative estimate of drug-likeness (QED) is 0.452. The summed E-state index contributed by atoms with van der Waals surface area (Å²) in [6.07, 6.45) is 3.32. The van der Waals surface area contributed by atoms with Gasteiger partial charge < -0.3 is 8.85 Å². The molecular formula is C18H33ClO2Si2. The first kappa shape index (κ1) is 20.9. The Morgan fingerprint density at radius 2 is 1.52 bits per heavy atom. The van der Waals surface area contributed by atoms with Gasteiger partial charge in [-0.15, -0.1) is 0 Å². The van der Waals surface area contributed by atoms with Crippen molar-refractivity contribution < 1.29 is 8.85 Å². The summed E-state index contributed by atoms with van der Waals surface area (Å²) in [6, 6.07) is 8.04. The molecule has 0 heterocycles. The van der Waals surface area contributed by atoms with E-state index in [-0.39, 0.29) is 12.2 Å². The Morgan fingerprint density at radius 1 is 0.957 bits per heavy atom. The highest BCUT2D eigenvalue weighted by Crippen LogP contribution is 2.35. The van der Waals surface area contributed by atoms with Crippen molar-refractivity contribution >= 4 is 28.2 Å². The fourth-order valence-electron chi connectivity index (χ4n) is 2.56. The number of benzene rings is 1. The van der Waals surface area contributed by atoms with Crippen molar-refractivity contribution in [2.75, 3.05) is 0 Å². The molecule has 0 aromatic heterocycles. The van der Waals surface area contributed by atoms with E-state index in [1.54, 1.807) is 0 Å². The predicted molar refractivity (Wildman–Crippen MR) is 106 cm³/mol. The van der Waals surface area contributed by atoms with Crippen molar-refractivity contribution in [3.05, 3.63) is 34.9 Å². The molecule has 0 aliphatic heterocycles. The molecule has 1 aromatic rings. The van der Waals surface area contributed by atoms with Gasteiger partial charge in [0, 0.05) is 10.6 Å². The predicted octanol–water partition coefficient (Wildman–Crippen LogP) is 6.64. The molecule has 0 saturated heterocycles. The molecule has 0 saturated carbocycles. The van der Waals surface area contributed by atoms with E-state index in [1.165, 1.54) is 0 Å². The molecule has 2 atom stereocenters. The van der Waals surface area contributed by atoms with Gasteiger partial charge >= 0.3 is 0 Å². The normalized spacial score (nSPS) is 15.5. The molecule has 2 nitrogen and oxygen atoms in total. The van der Waals surface area contributed by atoms with Crippen LogP contribution < -0.4 is 0 Å². The third kappa shape index (κ3) is 7.99. The van der Waals surface area contributed by atoms with Crippen molar-refractivity contribution in [2.45, 2.75) is 77.7 Å². The highest BCUT2D eigenvalue weighted by molar-refractivity contribution is 6.70. The van der Waals surface area contributed by atoms with Crippen molar-refractivity contribution in [3.8, 4) is 0 Å². The number of halogens is 1. The minimum absolute atomic E-state index is 0.0753. The standard InChI is InChI=1S/C18H33ClO2Si2/c1-8-9-14-17(20-22(2,3)4)18(21-23(5,6)7)15-12-10-11-13-16(15)19/h10-13,17-18H,8-9,14H2,1-7H3/t17?,18-/m0/s1. The zero-order chi connectivity index (χ0) is 17.7. The molecule has 1 unspecified atom stereocenters. The van der Waals surface area contributed by atoms with Crippen LogP contribution in [0.2, 0.25) is 44.3 Å². The second-order valence-electron chi connectivity index (χ2n) is 8.08. The molecule has 1 rings (SSSR count). The zero-order valence-electron chi connectivity index (χ0n) is 15.8. The van der Waals surface area contributed by atoms with Gasteiger partial charge in [0.05, 0.1) is 12.2 Å². The van der Waals surface area contributed by atoms with Crippen LogP contribution in [0.5, 0.6) is 0 Å². The summed E-state index contributed by atoms with van der Waals surface area (Å²) in [7, 11) is -3.39. The van der Waals surface area contributed by atoms with Gasteiger partial charge in [-0.1, -0.05) is 49.6 Å². The van der Waals surface area contributed by atoms with Crippen LogP contribution in [0.15, 0.2) is 24.3 Å². The summed E-state index contributed by atoms with van der Waals surface area (Å²) in [5.41, 5.74) is 1.07. The Hall–Kier alpha value is -0.136. The highest BCUT2D eigenvalue weighted by Gasteiger charge is 2.33. The van der Waals surface area contributed by atoms with Gasteiger partial charge in [0.2, 0.25) is 0 Å². The topological polar surface area (TPSA) is 18.5 Å². The first-order chi connectivity index (χ1) is 10.5. The summed E-state index contributed by atoms with van der Waals surface area (Å²) in [5.74, 6) is 0. The second-order valence-corrected chi connectivity index (χ2v) is 17.4. The van der Waals surface area contributed by atoms with E-state index in [0.717, 1.165) is 29.8 Å². The molecule has 23 heavy (non-hydrogen) atoms. The molecule has 5 heteroatoms. The van der Waals surface area contributed by atoms with Crippen LogP contribution in [0.25, 0.3) is 0 Å². The van der Waals surface area contributed by atoms with E-state index in [0.29, 0.717) is 0 Å². The molecule has 0 spiro atoms. The summed E-state index contributed by atoms with van der Waals surface area (Å²) < 4.78 is 13.1. The Morgan fingerprint density at radius 3 is 2.00 bits per heavy atom. The van der Waals surface area contributed by atoms with Gasteiger partial charge in [-0.3, -0.25) is 0 Å². The Balaban J connectivity index is 3.18. The lowest BCUT2D eigenvalue weighted by Gasteiger charge is -2.37. The Bertz CT molecular complexity index is 481. The smallest absolute Gasteiger partial charge is 0.184 e. The monoisotopic (exact) mass is 372 g/mol.